The molecule has 5 nitrogen and oxygen atoms in total. The summed E-state index contributed by atoms with van der Waals surface area (Å²) in [6, 6.07) is 0. The maximum Gasteiger partial charge on any atom is 0.280 e. The lowest BCUT2D eigenvalue weighted by Crippen LogP contribution is -2.32. The Labute approximate surface area is 85.4 Å². The van der Waals surface area contributed by atoms with Crippen molar-refractivity contribution in [1.82, 2.24) is 10.3 Å². The number of amides is 1. The average molecular weight is 216 g/mol. The molecule has 0 bridgehead atoms. The van der Waals surface area contributed by atoms with Gasteiger partial charge in [-0.2, -0.15) is 0 Å². The molecule has 1 aromatic rings. The predicted octanol–water partition coefficient (Wildman–Crippen LogP) is -0.526. The highest BCUT2D eigenvalue weighted by Crippen LogP contribution is 2.03. The van der Waals surface area contributed by atoms with E-state index in [2.05, 4.69) is 10.3 Å². The number of carbonyl (C=O) groups is 1. The molecule has 0 saturated carbocycles. The number of hydrogen-bond acceptors (Lipinski definition) is 5. The Balaban J connectivity index is 2.35. The van der Waals surface area contributed by atoms with Gasteiger partial charge >= 0.3 is 0 Å². The van der Waals surface area contributed by atoms with Crippen molar-refractivity contribution in [3.63, 3.8) is 0 Å². The van der Waals surface area contributed by atoms with Crippen molar-refractivity contribution in [3.8, 4) is 0 Å². The first-order chi connectivity index (χ1) is 6.77. The highest BCUT2D eigenvalue weighted by molar-refractivity contribution is 7.11. The number of nitrogens with zero attached hydrogens (tertiary/aromatic N) is 1. The van der Waals surface area contributed by atoms with Crippen LogP contribution >= 0.6 is 11.3 Å². The highest BCUT2D eigenvalue weighted by Gasteiger charge is 2.11. The fourth-order valence-corrected chi connectivity index (χ4v) is 1.39. The predicted molar refractivity (Wildman–Crippen MR) is 52.1 cm³/mol. The molecule has 14 heavy (non-hydrogen) atoms. The molecule has 0 spiro atoms. The number of aliphatic hydroxyl groups excluding tert-OH is 2. The van der Waals surface area contributed by atoms with Crippen LogP contribution in [0.5, 0.6) is 0 Å². The number of aromatic nitrogens is 1. The van der Waals surface area contributed by atoms with E-state index >= 15 is 0 Å². The van der Waals surface area contributed by atoms with Crippen molar-refractivity contribution in [3.05, 3.63) is 16.6 Å². The van der Waals surface area contributed by atoms with E-state index in [1.165, 1.54) is 11.3 Å². The molecule has 1 aromatic heterocycles. The zero-order chi connectivity index (χ0) is 10.4. The van der Waals surface area contributed by atoms with Gasteiger partial charge in [-0.3, -0.25) is 4.79 Å². The molecular formula is C8H12N2O3S. The third kappa shape index (κ3) is 3.06. The molecule has 1 heterocycles. The van der Waals surface area contributed by atoms with Gasteiger partial charge in [0.05, 0.1) is 0 Å². The van der Waals surface area contributed by atoms with E-state index in [1.54, 1.807) is 11.6 Å². The second-order valence-electron chi connectivity index (χ2n) is 2.78. The van der Waals surface area contributed by atoms with Crippen LogP contribution in [0.2, 0.25) is 0 Å². The van der Waals surface area contributed by atoms with Crippen molar-refractivity contribution in [2.24, 2.45) is 5.92 Å². The van der Waals surface area contributed by atoms with Crippen LogP contribution in [0.25, 0.3) is 0 Å². The monoisotopic (exact) mass is 216 g/mol. The van der Waals surface area contributed by atoms with Gasteiger partial charge in [0.2, 0.25) is 0 Å². The van der Waals surface area contributed by atoms with E-state index in [-0.39, 0.29) is 31.6 Å². The Morgan fingerprint density at radius 3 is 2.79 bits per heavy atom. The summed E-state index contributed by atoms with van der Waals surface area (Å²) in [4.78, 5) is 15.1. The Kier molecular flexibility index (Phi) is 4.51. The topological polar surface area (TPSA) is 82.5 Å². The van der Waals surface area contributed by atoms with Crippen LogP contribution in [0.3, 0.4) is 0 Å². The van der Waals surface area contributed by atoms with Gasteiger partial charge in [0.25, 0.3) is 5.91 Å². The lowest BCUT2D eigenvalue weighted by molar-refractivity contribution is 0.0921. The van der Waals surface area contributed by atoms with Gasteiger partial charge in [-0.25, -0.2) is 4.98 Å². The average Bonchev–Trinajstić information content (AvgIpc) is 2.72. The molecule has 0 aliphatic carbocycles. The highest BCUT2D eigenvalue weighted by atomic mass is 32.1. The lowest BCUT2D eigenvalue weighted by Gasteiger charge is -2.10. The first-order valence-electron chi connectivity index (χ1n) is 4.17. The first kappa shape index (κ1) is 11.1. The van der Waals surface area contributed by atoms with Crippen LogP contribution < -0.4 is 5.32 Å². The van der Waals surface area contributed by atoms with Gasteiger partial charge in [0, 0.05) is 37.3 Å². The zero-order valence-corrected chi connectivity index (χ0v) is 8.33. The van der Waals surface area contributed by atoms with Crippen LogP contribution in [-0.2, 0) is 0 Å². The molecule has 78 valence electrons. The minimum atomic E-state index is -0.307. The van der Waals surface area contributed by atoms with Crippen molar-refractivity contribution in [1.29, 1.82) is 0 Å². The third-order valence-corrected chi connectivity index (χ3v) is 2.47. The molecule has 1 amide bonds. The minimum Gasteiger partial charge on any atom is -0.396 e. The summed E-state index contributed by atoms with van der Waals surface area (Å²) in [5, 5.41) is 22.2. The fraction of sp³-hybridized carbons (Fsp3) is 0.500. The van der Waals surface area contributed by atoms with E-state index < -0.39 is 0 Å². The van der Waals surface area contributed by atoms with Crippen molar-refractivity contribution >= 4 is 17.2 Å². The molecule has 0 atom stereocenters. The van der Waals surface area contributed by atoms with Gasteiger partial charge in [-0.05, 0) is 0 Å². The molecule has 3 N–H and O–H groups in total. The van der Waals surface area contributed by atoms with Gasteiger partial charge in [-0.15, -0.1) is 11.3 Å². The standard InChI is InChI=1S/C8H12N2O3S/c11-4-6(5-12)3-10-7(13)8-9-1-2-14-8/h1-2,6,11-12H,3-5H2,(H,10,13). The first-order valence-corrected chi connectivity index (χ1v) is 5.05. The molecule has 0 aliphatic heterocycles. The summed E-state index contributed by atoms with van der Waals surface area (Å²) < 4.78 is 0. The smallest absolute Gasteiger partial charge is 0.280 e. The van der Waals surface area contributed by atoms with Gasteiger partial charge in [0.1, 0.15) is 0 Å². The molecule has 6 heteroatoms. The normalized spacial score (nSPS) is 10.5. The maximum absolute atomic E-state index is 11.3. The molecule has 0 aromatic carbocycles. The van der Waals surface area contributed by atoms with Crippen molar-refractivity contribution in [2.75, 3.05) is 19.8 Å². The van der Waals surface area contributed by atoms with Gasteiger partial charge in [0.15, 0.2) is 5.01 Å². The quantitative estimate of drug-likeness (QED) is 0.618. The largest absolute Gasteiger partial charge is 0.396 e. The number of carbonyl (C=O) groups excluding carboxylic acids is 1. The summed E-state index contributed by atoms with van der Waals surface area (Å²) in [6.45, 7) is -0.0330. The van der Waals surface area contributed by atoms with Gasteiger partial charge < -0.3 is 15.5 Å². The van der Waals surface area contributed by atoms with Crippen LogP contribution in [0.1, 0.15) is 9.80 Å². The second kappa shape index (κ2) is 5.69. The minimum absolute atomic E-state index is 0.144. The van der Waals surface area contributed by atoms with Crippen LogP contribution in [0.15, 0.2) is 11.6 Å². The number of thiazole rings is 1. The van der Waals surface area contributed by atoms with Crippen LogP contribution in [0.4, 0.5) is 0 Å². The molecule has 0 unspecified atom stereocenters. The zero-order valence-electron chi connectivity index (χ0n) is 7.51. The van der Waals surface area contributed by atoms with E-state index in [0.29, 0.717) is 5.01 Å². The van der Waals surface area contributed by atoms with E-state index in [9.17, 15) is 4.79 Å². The summed E-state index contributed by atoms with van der Waals surface area (Å²) >= 11 is 1.25. The molecule has 1 rings (SSSR count). The molecule has 0 radical (unpaired) electrons. The second-order valence-corrected chi connectivity index (χ2v) is 3.67. The Morgan fingerprint density at radius 1 is 1.57 bits per heavy atom. The van der Waals surface area contributed by atoms with Crippen LogP contribution in [-0.4, -0.2) is 40.9 Å². The van der Waals surface area contributed by atoms with Crippen molar-refractivity contribution in [2.45, 2.75) is 0 Å². The molecule has 0 fully saturated rings. The summed E-state index contributed by atoms with van der Waals surface area (Å²) in [5.41, 5.74) is 0. The van der Waals surface area contributed by atoms with E-state index in [0.717, 1.165) is 0 Å². The van der Waals surface area contributed by atoms with E-state index in [1.807, 2.05) is 0 Å². The van der Waals surface area contributed by atoms with Crippen LogP contribution in [0, 0.1) is 5.92 Å². The Bertz CT molecular complexity index is 272. The number of nitrogens with one attached hydrogen (secondary N) is 1. The van der Waals surface area contributed by atoms with Crippen molar-refractivity contribution < 1.29 is 15.0 Å². The SMILES string of the molecule is O=C(NCC(CO)CO)c1nccs1. The summed E-state index contributed by atoms with van der Waals surface area (Å²) in [5.74, 6) is -0.578. The molecular weight excluding hydrogens is 204 g/mol. The van der Waals surface area contributed by atoms with Gasteiger partial charge in [-0.1, -0.05) is 0 Å². The summed E-state index contributed by atoms with van der Waals surface area (Å²) in [7, 11) is 0. The number of hydrogen-bond donors (Lipinski definition) is 3. The maximum atomic E-state index is 11.3. The Morgan fingerprint density at radius 2 is 2.29 bits per heavy atom. The summed E-state index contributed by atoms with van der Waals surface area (Å²) in [6.07, 6.45) is 1.55. The molecule has 0 aliphatic rings. The lowest BCUT2D eigenvalue weighted by atomic mass is 10.2. The number of aliphatic hydroxyl groups is 2. The fourth-order valence-electron chi connectivity index (χ4n) is 0.835. The molecule has 0 saturated heterocycles. The third-order valence-electron chi connectivity index (χ3n) is 1.69. The Hall–Kier alpha value is -0.980. The number of rotatable bonds is 5. The van der Waals surface area contributed by atoms with E-state index in [4.69, 9.17) is 10.2 Å².